The van der Waals surface area contributed by atoms with E-state index >= 15 is 0 Å². The number of para-hydroxylation sites is 1. The van der Waals surface area contributed by atoms with Crippen molar-refractivity contribution >= 4 is 22.1 Å². The fraction of sp³-hybridized carbons (Fsp3) is 0.200. The lowest BCUT2D eigenvalue weighted by Crippen LogP contribution is -2.48. The molecule has 1 aromatic heterocycles. The molecule has 1 aliphatic carbocycles. The van der Waals surface area contributed by atoms with Crippen molar-refractivity contribution in [3.05, 3.63) is 71.5 Å². The summed E-state index contributed by atoms with van der Waals surface area (Å²) in [5.74, 6) is -16.5. The third-order valence-electron chi connectivity index (χ3n) is 4.75. The summed E-state index contributed by atoms with van der Waals surface area (Å²) >= 11 is 0. The Morgan fingerprint density at radius 2 is 1.33 bits per heavy atom. The molecule has 0 N–H and O–H groups in total. The first-order valence-corrected chi connectivity index (χ1v) is 8.02. The Kier molecular flexibility index (Phi) is 3.54. The third-order valence-corrected chi connectivity index (χ3v) is 4.75. The van der Waals surface area contributed by atoms with Crippen molar-refractivity contribution in [2.24, 2.45) is 0 Å². The maximum atomic E-state index is 14.6. The average molecular weight is 382 g/mol. The number of rotatable bonds is 2. The molecule has 4 rings (SSSR count). The van der Waals surface area contributed by atoms with Crippen molar-refractivity contribution in [2.75, 3.05) is 0 Å². The highest BCUT2D eigenvalue weighted by Gasteiger charge is 2.80. The Balaban J connectivity index is 2.11. The van der Waals surface area contributed by atoms with E-state index in [-0.39, 0.29) is 16.7 Å². The van der Waals surface area contributed by atoms with Gasteiger partial charge in [0, 0.05) is 11.0 Å². The van der Waals surface area contributed by atoms with Gasteiger partial charge in [-0.3, -0.25) is 0 Å². The molecule has 0 saturated heterocycles. The van der Waals surface area contributed by atoms with Crippen molar-refractivity contribution in [1.29, 1.82) is 0 Å². The molecule has 0 aliphatic heterocycles. The summed E-state index contributed by atoms with van der Waals surface area (Å²) in [5, 5.41) is 0.346. The zero-order valence-corrected chi connectivity index (χ0v) is 13.9. The van der Waals surface area contributed by atoms with Gasteiger partial charge < -0.3 is 4.42 Å². The largest absolute Gasteiger partial charge is 0.456 e. The summed E-state index contributed by atoms with van der Waals surface area (Å²) in [6, 6.07) is 12.5. The molecule has 0 radical (unpaired) electrons. The monoisotopic (exact) mass is 382 g/mol. The molecule has 0 fully saturated rings. The molecule has 2 aromatic carbocycles. The van der Waals surface area contributed by atoms with E-state index in [2.05, 4.69) is 0 Å². The van der Waals surface area contributed by atoms with Crippen LogP contribution in [0.5, 0.6) is 0 Å². The van der Waals surface area contributed by atoms with Gasteiger partial charge in [-0.05, 0) is 30.2 Å². The van der Waals surface area contributed by atoms with Crippen molar-refractivity contribution in [3.63, 3.8) is 0 Å². The van der Waals surface area contributed by atoms with Crippen molar-refractivity contribution in [2.45, 2.75) is 24.7 Å². The van der Waals surface area contributed by atoms with Gasteiger partial charge in [0.05, 0.1) is 5.57 Å². The number of furan rings is 1. The van der Waals surface area contributed by atoms with Crippen LogP contribution in [0.3, 0.4) is 0 Å². The summed E-state index contributed by atoms with van der Waals surface area (Å²) < 4.78 is 92.1. The van der Waals surface area contributed by atoms with Crippen LogP contribution in [0.1, 0.15) is 16.9 Å². The standard InChI is InChI=1S/C20H12F6O/c1-11-6-2-4-8-13(11)16-17(19(23,24)20(25,26)18(16,21)22)15-10-12-7-3-5-9-14(12)27-15/h2-10H,1H3. The van der Waals surface area contributed by atoms with Gasteiger partial charge in [0.1, 0.15) is 11.3 Å². The van der Waals surface area contributed by atoms with E-state index in [1.165, 1.54) is 37.3 Å². The van der Waals surface area contributed by atoms with Crippen molar-refractivity contribution < 1.29 is 30.8 Å². The van der Waals surface area contributed by atoms with E-state index in [9.17, 15) is 26.3 Å². The molecule has 140 valence electrons. The Morgan fingerprint density at radius 3 is 2.00 bits per heavy atom. The normalized spacial score (nSPS) is 20.4. The number of fused-ring (bicyclic) bond motifs is 1. The molecule has 27 heavy (non-hydrogen) atoms. The molecule has 1 heterocycles. The summed E-state index contributed by atoms with van der Waals surface area (Å²) in [6.45, 7) is 1.39. The number of allylic oxidation sites excluding steroid dienone is 2. The predicted molar refractivity (Wildman–Crippen MR) is 89.0 cm³/mol. The van der Waals surface area contributed by atoms with Gasteiger partial charge in [-0.15, -0.1) is 0 Å². The van der Waals surface area contributed by atoms with Crippen LogP contribution in [0.2, 0.25) is 0 Å². The minimum Gasteiger partial charge on any atom is -0.456 e. The second kappa shape index (κ2) is 5.41. The zero-order valence-electron chi connectivity index (χ0n) is 13.9. The molecular formula is C20H12F6O. The Morgan fingerprint density at radius 1 is 0.741 bits per heavy atom. The first-order valence-electron chi connectivity index (χ1n) is 8.02. The maximum absolute atomic E-state index is 14.6. The fourth-order valence-electron chi connectivity index (χ4n) is 3.37. The second-order valence-corrected chi connectivity index (χ2v) is 6.44. The topological polar surface area (TPSA) is 13.1 Å². The van der Waals surface area contributed by atoms with Crippen LogP contribution < -0.4 is 0 Å². The first-order chi connectivity index (χ1) is 12.6. The lowest BCUT2D eigenvalue weighted by molar-refractivity contribution is -0.254. The van der Waals surface area contributed by atoms with E-state index in [0.717, 1.165) is 12.1 Å². The Bertz CT molecular complexity index is 1040. The molecule has 0 amide bonds. The van der Waals surface area contributed by atoms with E-state index in [1.807, 2.05) is 0 Å². The number of hydrogen-bond acceptors (Lipinski definition) is 1. The van der Waals surface area contributed by atoms with Crippen LogP contribution in [-0.4, -0.2) is 17.8 Å². The molecule has 0 spiro atoms. The van der Waals surface area contributed by atoms with Crippen LogP contribution in [0.25, 0.3) is 22.1 Å². The Labute approximate surface area is 149 Å². The van der Waals surface area contributed by atoms with Gasteiger partial charge in [-0.2, -0.15) is 26.3 Å². The fourth-order valence-corrected chi connectivity index (χ4v) is 3.37. The number of alkyl halides is 6. The molecule has 0 saturated carbocycles. The first kappa shape index (κ1) is 17.7. The lowest BCUT2D eigenvalue weighted by atomic mass is 9.94. The van der Waals surface area contributed by atoms with Gasteiger partial charge in [0.2, 0.25) is 0 Å². The van der Waals surface area contributed by atoms with Gasteiger partial charge in [0.15, 0.2) is 0 Å². The minimum absolute atomic E-state index is 0.137. The zero-order chi connectivity index (χ0) is 19.6. The van der Waals surface area contributed by atoms with E-state index < -0.39 is 34.7 Å². The summed E-state index contributed by atoms with van der Waals surface area (Å²) in [5.41, 5.74) is -2.94. The summed E-state index contributed by atoms with van der Waals surface area (Å²) in [6.07, 6.45) is 0. The molecule has 0 unspecified atom stereocenters. The second-order valence-electron chi connectivity index (χ2n) is 6.44. The molecular weight excluding hydrogens is 370 g/mol. The molecule has 1 nitrogen and oxygen atoms in total. The van der Waals surface area contributed by atoms with Gasteiger partial charge in [0.25, 0.3) is 0 Å². The van der Waals surface area contributed by atoms with Crippen molar-refractivity contribution in [3.8, 4) is 0 Å². The van der Waals surface area contributed by atoms with Crippen molar-refractivity contribution in [1.82, 2.24) is 0 Å². The maximum Gasteiger partial charge on any atom is 0.380 e. The highest BCUT2D eigenvalue weighted by atomic mass is 19.3. The van der Waals surface area contributed by atoms with Gasteiger partial charge in [-0.25, -0.2) is 0 Å². The van der Waals surface area contributed by atoms with Crippen LogP contribution in [0.15, 0.2) is 59.0 Å². The average Bonchev–Trinajstić information content (AvgIpc) is 3.06. The number of halogens is 6. The molecule has 7 heteroatoms. The summed E-state index contributed by atoms with van der Waals surface area (Å²) in [4.78, 5) is 0. The Hall–Kier alpha value is -2.70. The molecule has 1 aliphatic rings. The molecule has 0 atom stereocenters. The van der Waals surface area contributed by atoms with Gasteiger partial charge >= 0.3 is 17.8 Å². The minimum atomic E-state index is -5.59. The van der Waals surface area contributed by atoms with Gasteiger partial charge in [-0.1, -0.05) is 42.5 Å². The third kappa shape index (κ3) is 2.20. The van der Waals surface area contributed by atoms with Crippen LogP contribution in [0.4, 0.5) is 26.3 Å². The highest BCUT2D eigenvalue weighted by molar-refractivity contribution is 6.02. The van der Waals surface area contributed by atoms with Crippen LogP contribution >= 0.6 is 0 Å². The lowest BCUT2D eigenvalue weighted by Gasteiger charge is -2.25. The molecule has 0 bridgehead atoms. The van der Waals surface area contributed by atoms with E-state index in [0.29, 0.717) is 5.39 Å². The SMILES string of the molecule is Cc1ccccc1C1=C(c2cc3ccccc3o2)C(F)(F)C(F)(F)C1(F)F. The smallest absolute Gasteiger partial charge is 0.380 e. The number of benzene rings is 2. The van der Waals surface area contributed by atoms with E-state index in [1.54, 1.807) is 12.1 Å². The molecule has 3 aromatic rings. The van der Waals surface area contributed by atoms with Crippen LogP contribution in [-0.2, 0) is 0 Å². The number of aryl methyl sites for hydroxylation is 1. The van der Waals surface area contributed by atoms with E-state index in [4.69, 9.17) is 4.42 Å². The quantitative estimate of drug-likeness (QED) is 0.457. The summed E-state index contributed by atoms with van der Waals surface area (Å²) in [7, 11) is 0. The predicted octanol–water partition coefficient (Wildman–Crippen LogP) is 6.57. The highest BCUT2D eigenvalue weighted by Crippen LogP contribution is 2.65. The van der Waals surface area contributed by atoms with Crippen LogP contribution in [0, 0.1) is 6.92 Å². The number of hydrogen-bond donors (Lipinski definition) is 0.